The highest BCUT2D eigenvalue weighted by Gasteiger charge is 2.29. The number of benzene rings is 2. The zero-order valence-electron chi connectivity index (χ0n) is 24.8. The van der Waals surface area contributed by atoms with Crippen molar-refractivity contribution in [1.82, 2.24) is 14.3 Å². The van der Waals surface area contributed by atoms with E-state index in [1.165, 1.54) is 28.7 Å². The van der Waals surface area contributed by atoms with E-state index >= 15 is 0 Å². The van der Waals surface area contributed by atoms with Crippen molar-refractivity contribution < 1.29 is 14.6 Å². The largest absolute Gasteiger partial charge is 0.478 e. The number of carbonyl (C=O) groups is 1. The van der Waals surface area contributed by atoms with Gasteiger partial charge in [0.25, 0.3) is 5.56 Å². The van der Waals surface area contributed by atoms with Gasteiger partial charge in [0.15, 0.2) is 5.60 Å². The lowest BCUT2D eigenvalue weighted by molar-refractivity contribution is -0.152. The van der Waals surface area contributed by atoms with Crippen LogP contribution in [0.5, 0.6) is 5.75 Å². The highest BCUT2D eigenvalue weighted by atomic mass is 16.5. The predicted octanol–water partition coefficient (Wildman–Crippen LogP) is 4.84. The summed E-state index contributed by atoms with van der Waals surface area (Å²) < 4.78 is 8.21. The van der Waals surface area contributed by atoms with Crippen molar-refractivity contribution in [1.29, 1.82) is 0 Å². The van der Waals surface area contributed by atoms with Crippen LogP contribution in [0.25, 0.3) is 0 Å². The number of ether oxygens (including phenoxy) is 1. The van der Waals surface area contributed by atoms with Crippen LogP contribution in [0, 0.1) is 0 Å². The van der Waals surface area contributed by atoms with Gasteiger partial charge in [0.05, 0.1) is 0 Å². The Morgan fingerprint density at radius 2 is 1.56 bits per heavy atom. The molecule has 2 aromatic carbocycles. The van der Waals surface area contributed by atoms with Crippen LogP contribution in [0.15, 0.2) is 64.2 Å². The summed E-state index contributed by atoms with van der Waals surface area (Å²) in [5.41, 5.74) is 0.174. The third-order valence-electron chi connectivity index (χ3n) is 7.19. The summed E-state index contributed by atoms with van der Waals surface area (Å²) in [6, 6.07) is 17.5. The second kappa shape index (κ2) is 15.2. The van der Waals surface area contributed by atoms with Crippen molar-refractivity contribution in [3.63, 3.8) is 0 Å². The highest BCUT2D eigenvalue weighted by molar-refractivity contribution is 5.76. The average Bonchev–Trinajstić information content (AvgIpc) is 2.95. The molecule has 0 saturated heterocycles. The molecule has 1 heterocycles. The first-order valence-corrected chi connectivity index (χ1v) is 14.6. The molecule has 9 heteroatoms. The van der Waals surface area contributed by atoms with Crippen LogP contribution in [0.3, 0.4) is 0 Å². The van der Waals surface area contributed by atoms with E-state index in [2.05, 4.69) is 24.2 Å². The molecule has 9 nitrogen and oxygen atoms in total. The number of aryl methyl sites for hydroxylation is 2. The van der Waals surface area contributed by atoms with Crippen molar-refractivity contribution in [2.24, 2.45) is 7.05 Å². The second-order valence-corrected chi connectivity index (χ2v) is 11.0. The second-order valence-electron chi connectivity index (χ2n) is 11.0. The van der Waals surface area contributed by atoms with Crippen molar-refractivity contribution in [2.45, 2.75) is 84.3 Å². The fourth-order valence-corrected chi connectivity index (χ4v) is 4.65. The smallest absolute Gasteiger partial charge is 0.347 e. The lowest BCUT2D eigenvalue weighted by atomic mass is 10.1. The molecule has 0 fully saturated rings. The summed E-state index contributed by atoms with van der Waals surface area (Å²) in [7, 11) is 1.60. The van der Waals surface area contributed by atoms with E-state index < -0.39 is 17.3 Å². The Morgan fingerprint density at radius 1 is 0.902 bits per heavy atom. The van der Waals surface area contributed by atoms with Crippen molar-refractivity contribution in [3.8, 4) is 5.75 Å². The molecule has 1 aromatic heterocycles. The predicted molar refractivity (Wildman–Crippen MR) is 162 cm³/mol. The third-order valence-corrected chi connectivity index (χ3v) is 7.19. The Hall–Kier alpha value is -3.88. The molecule has 0 bridgehead atoms. The molecule has 3 rings (SSSR count). The van der Waals surface area contributed by atoms with Gasteiger partial charge < -0.3 is 14.7 Å². The summed E-state index contributed by atoms with van der Waals surface area (Å²) in [5.74, 6) is -0.275. The van der Waals surface area contributed by atoms with Crippen LogP contribution in [-0.4, -0.2) is 44.1 Å². The molecule has 0 aliphatic rings. The van der Waals surface area contributed by atoms with Crippen molar-refractivity contribution in [3.05, 3.63) is 86.6 Å². The molecular formula is C32H44N4O5. The fraction of sp³-hybridized carbons (Fsp3) is 0.500. The molecule has 0 radical (unpaired) electrons. The van der Waals surface area contributed by atoms with Crippen LogP contribution in [0.4, 0.5) is 5.82 Å². The number of nitrogens with zero attached hydrogens (tertiary/aromatic N) is 4. The van der Waals surface area contributed by atoms with E-state index in [-0.39, 0.29) is 11.4 Å². The number of anilines is 1. The van der Waals surface area contributed by atoms with E-state index in [1.807, 2.05) is 35.2 Å². The van der Waals surface area contributed by atoms with Crippen molar-refractivity contribution >= 4 is 11.8 Å². The summed E-state index contributed by atoms with van der Waals surface area (Å²) >= 11 is 0. The number of unbranched alkanes of at least 4 members (excludes halogenated alkanes) is 4. The van der Waals surface area contributed by atoms with Gasteiger partial charge >= 0.3 is 11.7 Å². The van der Waals surface area contributed by atoms with Gasteiger partial charge in [-0.2, -0.15) is 0 Å². The normalized spacial score (nSPS) is 11.4. The van der Waals surface area contributed by atoms with E-state index in [0.29, 0.717) is 31.8 Å². The molecule has 41 heavy (non-hydrogen) atoms. The average molecular weight is 565 g/mol. The maximum Gasteiger partial charge on any atom is 0.347 e. The number of hydrogen-bond acceptors (Lipinski definition) is 6. The fourth-order valence-electron chi connectivity index (χ4n) is 4.65. The summed E-state index contributed by atoms with van der Waals surface area (Å²) in [4.78, 5) is 39.8. The molecule has 3 aromatic rings. The Labute approximate surface area is 242 Å². The first-order chi connectivity index (χ1) is 19.6. The van der Waals surface area contributed by atoms with Gasteiger partial charge in [0.2, 0.25) is 5.82 Å². The molecule has 0 amide bonds. The van der Waals surface area contributed by atoms with Crippen LogP contribution in [-0.2, 0) is 31.2 Å². The Kier molecular flexibility index (Phi) is 11.7. The Balaban J connectivity index is 1.79. The molecule has 222 valence electrons. The van der Waals surface area contributed by atoms with Gasteiger partial charge in [0.1, 0.15) is 5.75 Å². The maximum atomic E-state index is 13.6. The minimum atomic E-state index is -1.33. The van der Waals surface area contributed by atoms with Gasteiger partial charge in [-0.05, 0) is 62.8 Å². The number of aromatic nitrogens is 3. The lowest BCUT2D eigenvalue weighted by Crippen LogP contribution is -2.45. The molecule has 0 saturated carbocycles. The summed E-state index contributed by atoms with van der Waals surface area (Å²) in [5, 5.41) is 13.8. The van der Waals surface area contributed by atoms with Gasteiger partial charge in [-0.1, -0.05) is 75.1 Å². The van der Waals surface area contributed by atoms with Crippen molar-refractivity contribution in [2.75, 3.05) is 18.0 Å². The van der Waals surface area contributed by atoms with E-state index in [4.69, 9.17) is 4.74 Å². The minimum absolute atomic E-state index is 0.289. The van der Waals surface area contributed by atoms with E-state index in [1.54, 1.807) is 19.2 Å². The number of hydrogen-bond donors (Lipinski definition) is 1. The van der Waals surface area contributed by atoms with Gasteiger partial charge in [-0.25, -0.2) is 14.3 Å². The van der Waals surface area contributed by atoms with Crippen LogP contribution < -0.4 is 20.9 Å². The number of carboxylic acid groups (broad SMARTS) is 1. The standard InChI is InChI=1S/C32H44N4O5/c1-5-6-7-8-12-23-36-29(37)28(33-34(4)31(36)40)35(22-13-16-25-14-10-9-11-15-25)24-21-26-17-19-27(20-18-26)41-32(2,3)30(38)39/h9-11,14-15,17-20H,5-8,12-13,16,21-24H2,1-4H3,(H,38,39). The maximum absolute atomic E-state index is 13.6. The molecular weight excluding hydrogens is 520 g/mol. The molecule has 0 spiro atoms. The van der Waals surface area contributed by atoms with Gasteiger partial charge in [-0.3, -0.25) is 9.36 Å². The first-order valence-electron chi connectivity index (χ1n) is 14.6. The van der Waals surface area contributed by atoms with E-state index in [0.717, 1.165) is 50.5 Å². The summed E-state index contributed by atoms with van der Waals surface area (Å²) in [6.45, 7) is 6.71. The Bertz CT molecular complexity index is 1360. The molecule has 0 atom stereocenters. The number of aliphatic carboxylic acids is 1. The molecule has 1 N–H and O–H groups in total. The number of carboxylic acids is 1. The minimum Gasteiger partial charge on any atom is -0.478 e. The van der Waals surface area contributed by atoms with Gasteiger partial charge in [-0.15, -0.1) is 5.10 Å². The lowest BCUT2D eigenvalue weighted by Gasteiger charge is -2.24. The first kappa shape index (κ1) is 31.6. The quantitative estimate of drug-likeness (QED) is 0.234. The van der Waals surface area contributed by atoms with Crippen LogP contribution >= 0.6 is 0 Å². The monoisotopic (exact) mass is 564 g/mol. The van der Waals surface area contributed by atoms with Crippen LogP contribution in [0.1, 0.15) is 70.4 Å². The molecule has 0 aliphatic heterocycles. The topological polar surface area (TPSA) is 107 Å². The van der Waals surface area contributed by atoms with Crippen LogP contribution in [0.2, 0.25) is 0 Å². The number of rotatable bonds is 17. The third kappa shape index (κ3) is 9.33. The SMILES string of the molecule is CCCCCCCn1c(=O)c(N(CCCc2ccccc2)CCc2ccc(OC(C)(C)C(=O)O)cc2)nn(C)c1=O. The van der Waals surface area contributed by atoms with E-state index in [9.17, 15) is 19.5 Å². The zero-order chi connectivity index (χ0) is 29.8. The summed E-state index contributed by atoms with van der Waals surface area (Å²) in [6.07, 6.45) is 7.44. The molecule has 0 aliphatic carbocycles. The van der Waals surface area contributed by atoms with Gasteiger partial charge in [0, 0.05) is 26.7 Å². The zero-order valence-corrected chi connectivity index (χ0v) is 24.8. The molecule has 0 unspecified atom stereocenters. The highest BCUT2D eigenvalue weighted by Crippen LogP contribution is 2.20. The Morgan fingerprint density at radius 3 is 2.22 bits per heavy atom.